The number of aromatic nitrogens is 4. The maximum absolute atomic E-state index is 11.9. The maximum Gasteiger partial charge on any atom is 0.226 e. The average Bonchev–Trinajstić information content (AvgIpc) is 3.34. The number of anilines is 3. The van der Waals surface area contributed by atoms with Gasteiger partial charge in [-0.15, -0.1) is 11.3 Å². The van der Waals surface area contributed by atoms with E-state index in [0.29, 0.717) is 18.0 Å². The van der Waals surface area contributed by atoms with Gasteiger partial charge in [-0.3, -0.25) is 9.89 Å². The minimum absolute atomic E-state index is 0.197. The SMILES string of the molecule is CC(=O)N1C2CCC1CC(Nc1nc(Nc3cc(C)[nH]n3)c3ccsc3n1)C2. The van der Waals surface area contributed by atoms with Crippen LogP contribution < -0.4 is 10.6 Å². The van der Waals surface area contributed by atoms with Crippen LogP contribution in [-0.4, -0.2) is 49.1 Å². The van der Waals surface area contributed by atoms with Gasteiger partial charge in [-0.1, -0.05) is 0 Å². The Morgan fingerprint density at radius 3 is 2.75 bits per heavy atom. The van der Waals surface area contributed by atoms with Gasteiger partial charge in [0, 0.05) is 36.8 Å². The van der Waals surface area contributed by atoms with Gasteiger partial charge in [0.25, 0.3) is 0 Å². The van der Waals surface area contributed by atoms with Crippen molar-refractivity contribution >= 4 is 45.0 Å². The van der Waals surface area contributed by atoms with E-state index >= 15 is 0 Å². The Hall–Kier alpha value is -2.68. The fourth-order valence-electron chi connectivity index (χ4n) is 4.61. The average molecular weight is 398 g/mol. The first-order valence-corrected chi connectivity index (χ1v) is 10.5. The number of hydrogen-bond acceptors (Lipinski definition) is 7. The number of aryl methyl sites for hydroxylation is 1. The molecule has 2 unspecified atom stereocenters. The smallest absolute Gasteiger partial charge is 0.226 e. The molecule has 3 aromatic heterocycles. The summed E-state index contributed by atoms with van der Waals surface area (Å²) in [6, 6.07) is 4.93. The molecular formula is C19H23N7OS. The van der Waals surface area contributed by atoms with Gasteiger partial charge in [-0.25, -0.2) is 4.98 Å². The summed E-state index contributed by atoms with van der Waals surface area (Å²) in [5.41, 5.74) is 0.990. The van der Waals surface area contributed by atoms with E-state index in [1.807, 2.05) is 24.4 Å². The Balaban J connectivity index is 1.39. The van der Waals surface area contributed by atoms with Crippen LogP contribution >= 0.6 is 11.3 Å². The summed E-state index contributed by atoms with van der Waals surface area (Å²) >= 11 is 1.60. The number of aromatic amines is 1. The van der Waals surface area contributed by atoms with Crippen molar-refractivity contribution in [3.63, 3.8) is 0 Å². The predicted molar refractivity (Wildman–Crippen MR) is 110 cm³/mol. The number of amides is 1. The third-order valence-electron chi connectivity index (χ3n) is 5.71. The van der Waals surface area contributed by atoms with E-state index < -0.39 is 0 Å². The number of nitrogens with zero attached hydrogens (tertiary/aromatic N) is 4. The Morgan fingerprint density at radius 1 is 1.29 bits per heavy atom. The van der Waals surface area contributed by atoms with Crippen LogP contribution in [0.3, 0.4) is 0 Å². The molecule has 3 aromatic rings. The molecule has 0 spiro atoms. The Morgan fingerprint density at radius 2 is 2.07 bits per heavy atom. The largest absolute Gasteiger partial charge is 0.351 e. The minimum Gasteiger partial charge on any atom is -0.351 e. The van der Waals surface area contributed by atoms with Crippen LogP contribution in [0, 0.1) is 6.92 Å². The molecule has 9 heteroatoms. The van der Waals surface area contributed by atoms with Crippen LogP contribution in [0.15, 0.2) is 17.5 Å². The highest BCUT2D eigenvalue weighted by Gasteiger charge is 2.42. The number of carbonyl (C=O) groups is 1. The van der Waals surface area contributed by atoms with Gasteiger partial charge < -0.3 is 15.5 Å². The molecule has 0 aromatic carbocycles. The van der Waals surface area contributed by atoms with Crippen LogP contribution in [0.2, 0.25) is 0 Å². The number of rotatable bonds is 4. The topological polar surface area (TPSA) is 98.8 Å². The van der Waals surface area contributed by atoms with Gasteiger partial charge in [-0.05, 0) is 44.1 Å². The van der Waals surface area contributed by atoms with Gasteiger partial charge in [-0.2, -0.15) is 10.1 Å². The van der Waals surface area contributed by atoms with E-state index in [2.05, 4.69) is 25.7 Å². The Bertz CT molecular complexity index is 1010. The normalized spacial score (nSPS) is 23.9. The molecule has 3 N–H and O–H groups in total. The molecule has 0 saturated carbocycles. The fraction of sp³-hybridized carbons (Fsp3) is 0.474. The van der Waals surface area contributed by atoms with Crippen molar-refractivity contribution in [2.24, 2.45) is 0 Å². The van der Waals surface area contributed by atoms with Gasteiger partial charge in [0.15, 0.2) is 5.82 Å². The summed E-state index contributed by atoms with van der Waals surface area (Å²) in [5.74, 6) is 2.32. The third kappa shape index (κ3) is 3.09. The molecule has 5 rings (SSSR count). The molecule has 28 heavy (non-hydrogen) atoms. The molecule has 2 saturated heterocycles. The second-order valence-electron chi connectivity index (χ2n) is 7.72. The predicted octanol–water partition coefficient (Wildman–Crippen LogP) is 3.42. The zero-order valence-corrected chi connectivity index (χ0v) is 16.7. The molecule has 1 amide bonds. The summed E-state index contributed by atoms with van der Waals surface area (Å²) in [4.78, 5) is 24.4. The minimum atomic E-state index is 0.197. The number of carbonyl (C=O) groups excluding carboxylic acids is 1. The first-order valence-electron chi connectivity index (χ1n) is 9.66. The second kappa shape index (κ2) is 6.73. The molecule has 2 bridgehead atoms. The molecule has 2 aliphatic rings. The Kier molecular flexibility index (Phi) is 4.19. The van der Waals surface area contributed by atoms with Gasteiger partial charge in [0.2, 0.25) is 11.9 Å². The van der Waals surface area contributed by atoms with Crippen molar-refractivity contribution in [3.05, 3.63) is 23.2 Å². The summed E-state index contributed by atoms with van der Waals surface area (Å²) < 4.78 is 0. The van der Waals surface area contributed by atoms with Crippen LogP contribution in [0.4, 0.5) is 17.6 Å². The summed E-state index contributed by atoms with van der Waals surface area (Å²) in [6.45, 7) is 3.65. The molecule has 8 nitrogen and oxygen atoms in total. The zero-order valence-electron chi connectivity index (χ0n) is 15.9. The lowest BCUT2D eigenvalue weighted by Gasteiger charge is -2.38. The number of hydrogen-bond donors (Lipinski definition) is 3. The van der Waals surface area contributed by atoms with E-state index in [1.54, 1.807) is 18.3 Å². The zero-order chi connectivity index (χ0) is 19.3. The first-order chi connectivity index (χ1) is 13.6. The van der Waals surface area contributed by atoms with E-state index in [0.717, 1.165) is 53.2 Å². The van der Waals surface area contributed by atoms with Crippen molar-refractivity contribution in [1.29, 1.82) is 0 Å². The van der Waals surface area contributed by atoms with Crippen molar-refractivity contribution in [2.45, 2.75) is 57.7 Å². The summed E-state index contributed by atoms with van der Waals surface area (Å²) in [7, 11) is 0. The van der Waals surface area contributed by atoms with E-state index in [-0.39, 0.29) is 11.9 Å². The van der Waals surface area contributed by atoms with Gasteiger partial charge in [0.05, 0.1) is 5.39 Å². The first kappa shape index (κ1) is 17.4. The molecule has 146 valence electrons. The van der Waals surface area contributed by atoms with E-state index in [4.69, 9.17) is 9.97 Å². The quantitative estimate of drug-likeness (QED) is 0.624. The van der Waals surface area contributed by atoms with Crippen LogP contribution in [0.5, 0.6) is 0 Å². The lowest BCUT2D eigenvalue weighted by Crippen LogP contribution is -2.49. The lowest BCUT2D eigenvalue weighted by molar-refractivity contribution is -0.133. The van der Waals surface area contributed by atoms with E-state index in [9.17, 15) is 4.79 Å². The van der Waals surface area contributed by atoms with Crippen LogP contribution in [0.1, 0.15) is 38.3 Å². The monoisotopic (exact) mass is 397 g/mol. The van der Waals surface area contributed by atoms with Gasteiger partial charge in [0.1, 0.15) is 10.6 Å². The standard InChI is InChI=1S/C19H23N7OS/c1-10-7-16(25-24-10)21-17-15-5-6-28-18(15)23-19(22-17)20-12-8-13-3-4-14(9-12)26(13)11(2)27/h5-7,12-14H,3-4,8-9H2,1-2H3,(H3,20,21,22,23,24,25). The lowest BCUT2D eigenvalue weighted by atomic mass is 9.97. The van der Waals surface area contributed by atoms with E-state index in [1.165, 1.54) is 0 Å². The van der Waals surface area contributed by atoms with Crippen molar-refractivity contribution in [1.82, 2.24) is 25.1 Å². The summed E-state index contributed by atoms with van der Waals surface area (Å²) in [5, 5.41) is 17.0. The Labute approximate surface area is 166 Å². The molecular weight excluding hydrogens is 374 g/mol. The number of nitrogens with one attached hydrogen (secondary N) is 3. The molecule has 2 aliphatic heterocycles. The van der Waals surface area contributed by atoms with Crippen molar-refractivity contribution in [2.75, 3.05) is 10.6 Å². The second-order valence-corrected chi connectivity index (χ2v) is 8.61. The van der Waals surface area contributed by atoms with Gasteiger partial charge >= 0.3 is 0 Å². The number of piperidine rings is 1. The number of thiophene rings is 1. The van der Waals surface area contributed by atoms with Crippen molar-refractivity contribution in [3.8, 4) is 0 Å². The molecule has 0 radical (unpaired) electrons. The van der Waals surface area contributed by atoms with Crippen LogP contribution in [-0.2, 0) is 4.79 Å². The molecule has 2 fully saturated rings. The number of H-pyrrole nitrogens is 1. The molecule has 0 aliphatic carbocycles. The number of fused-ring (bicyclic) bond motifs is 3. The van der Waals surface area contributed by atoms with Crippen LogP contribution in [0.25, 0.3) is 10.2 Å². The third-order valence-corrected chi connectivity index (χ3v) is 6.51. The highest BCUT2D eigenvalue weighted by atomic mass is 32.1. The molecule has 5 heterocycles. The summed E-state index contributed by atoms with van der Waals surface area (Å²) in [6.07, 6.45) is 4.09. The molecule has 2 atom stereocenters. The fourth-order valence-corrected chi connectivity index (χ4v) is 5.37. The highest BCUT2D eigenvalue weighted by molar-refractivity contribution is 7.16. The highest BCUT2D eigenvalue weighted by Crippen LogP contribution is 2.37. The maximum atomic E-state index is 11.9. The van der Waals surface area contributed by atoms with Crippen molar-refractivity contribution < 1.29 is 4.79 Å².